The van der Waals surface area contributed by atoms with E-state index in [-0.39, 0.29) is 6.08 Å². The second kappa shape index (κ2) is 8.28. The highest BCUT2D eigenvalue weighted by molar-refractivity contribution is 6.39. The topological polar surface area (TPSA) is 46.6 Å². The summed E-state index contributed by atoms with van der Waals surface area (Å²) in [6, 6.07) is 16.3. The number of anilines is 2. The third kappa shape index (κ3) is 4.92. The number of para-hydroxylation sites is 2. The van der Waals surface area contributed by atoms with Crippen LogP contribution in [-0.2, 0) is 14.3 Å². The second-order valence-electron chi connectivity index (χ2n) is 4.96. The number of hydrogen-bond acceptors (Lipinski definition) is 3. The van der Waals surface area contributed by atoms with Crippen LogP contribution in [0.25, 0.3) is 0 Å². The fourth-order valence-electron chi connectivity index (χ4n) is 2.00. The predicted molar refractivity (Wildman–Crippen MR) is 86.2 cm³/mol. The normalized spacial score (nSPS) is 11.8. The van der Waals surface area contributed by atoms with Crippen molar-refractivity contribution in [3.63, 3.8) is 0 Å². The number of nitrogens with zero attached hydrogens (tertiary/aromatic N) is 1. The number of halogens is 4. The second-order valence-corrected chi connectivity index (χ2v) is 4.96. The number of alkyl halides is 3. The maximum absolute atomic E-state index is 12.7. The van der Waals surface area contributed by atoms with Crippen molar-refractivity contribution in [2.75, 3.05) is 11.5 Å². The van der Waals surface area contributed by atoms with Gasteiger partial charge in [-0.25, -0.2) is 9.18 Å². The summed E-state index contributed by atoms with van der Waals surface area (Å²) >= 11 is 0. The predicted octanol–water partition coefficient (Wildman–Crippen LogP) is 4.31. The monoisotopic (exact) mass is 367 g/mol. The first-order valence-electron chi connectivity index (χ1n) is 7.35. The van der Waals surface area contributed by atoms with Gasteiger partial charge in [-0.15, -0.1) is 0 Å². The van der Waals surface area contributed by atoms with E-state index in [0.717, 1.165) is 4.90 Å². The number of amides is 1. The lowest BCUT2D eigenvalue weighted by Crippen LogP contribution is -2.34. The Morgan fingerprint density at radius 3 is 1.81 bits per heavy atom. The Morgan fingerprint density at radius 1 is 0.923 bits per heavy atom. The van der Waals surface area contributed by atoms with Gasteiger partial charge in [0.05, 0.1) is 0 Å². The standard InChI is InChI=1S/C18H13F4NO3/c19-15(18(20,21)22)11-12-26-17(25)16(24)23(13-7-3-1-4-8-13)14-9-5-2-6-10-14/h1-11H,12H2/b15-11-. The van der Waals surface area contributed by atoms with E-state index in [2.05, 4.69) is 4.74 Å². The highest BCUT2D eigenvalue weighted by atomic mass is 19.4. The molecule has 0 atom stereocenters. The van der Waals surface area contributed by atoms with Crippen molar-refractivity contribution in [1.29, 1.82) is 0 Å². The molecule has 0 aliphatic carbocycles. The van der Waals surface area contributed by atoms with Gasteiger partial charge >= 0.3 is 18.1 Å². The van der Waals surface area contributed by atoms with Crippen molar-refractivity contribution in [1.82, 2.24) is 0 Å². The summed E-state index contributed by atoms with van der Waals surface area (Å²) in [6.45, 7) is -1.02. The van der Waals surface area contributed by atoms with Crippen LogP contribution in [0.4, 0.5) is 28.9 Å². The first-order valence-corrected chi connectivity index (χ1v) is 7.35. The summed E-state index contributed by atoms with van der Waals surface area (Å²) in [7, 11) is 0. The highest BCUT2D eigenvalue weighted by Gasteiger charge is 2.34. The van der Waals surface area contributed by atoms with Gasteiger partial charge < -0.3 is 4.74 Å². The largest absolute Gasteiger partial charge is 0.454 e. The van der Waals surface area contributed by atoms with E-state index in [9.17, 15) is 27.2 Å². The van der Waals surface area contributed by atoms with Crippen molar-refractivity contribution in [3.8, 4) is 0 Å². The van der Waals surface area contributed by atoms with Gasteiger partial charge in [0.2, 0.25) is 5.83 Å². The Morgan fingerprint density at radius 2 is 1.38 bits per heavy atom. The summed E-state index contributed by atoms with van der Waals surface area (Å²) < 4.78 is 53.3. The Kier molecular flexibility index (Phi) is 6.11. The number of hydrogen-bond donors (Lipinski definition) is 0. The zero-order valence-electron chi connectivity index (χ0n) is 13.2. The molecule has 0 saturated heterocycles. The summed E-state index contributed by atoms with van der Waals surface area (Å²) in [6.07, 6.45) is -5.13. The van der Waals surface area contributed by atoms with Crippen LogP contribution in [0.2, 0.25) is 0 Å². The number of esters is 1. The zero-order valence-corrected chi connectivity index (χ0v) is 13.2. The van der Waals surface area contributed by atoms with E-state index in [1.807, 2.05) is 0 Å². The fourth-order valence-corrected chi connectivity index (χ4v) is 2.00. The molecule has 0 fully saturated rings. The van der Waals surface area contributed by atoms with Crippen molar-refractivity contribution in [2.24, 2.45) is 0 Å². The number of carbonyl (C=O) groups is 2. The van der Waals surface area contributed by atoms with Crippen LogP contribution in [0, 0.1) is 0 Å². The van der Waals surface area contributed by atoms with Gasteiger partial charge in [-0.05, 0) is 30.3 Å². The Labute approximate surface area is 146 Å². The van der Waals surface area contributed by atoms with Crippen molar-refractivity contribution in [3.05, 3.63) is 72.6 Å². The van der Waals surface area contributed by atoms with Gasteiger partial charge in [0, 0.05) is 11.4 Å². The molecule has 0 unspecified atom stereocenters. The molecule has 0 heterocycles. The molecule has 0 bridgehead atoms. The van der Waals surface area contributed by atoms with Crippen molar-refractivity contribution >= 4 is 23.3 Å². The van der Waals surface area contributed by atoms with Crippen LogP contribution in [0.5, 0.6) is 0 Å². The van der Waals surface area contributed by atoms with Crippen molar-refractivity contribution in [2.45, 2.75) is 6.18 Å². The quantitative estimate of drug-likeness (QED) is 0.460. The lowest BCUT2D eigenvalue weighted by Gasteiger charge is -2.21. The molecule has 0 aliphatic rings. The van der Waals surface area contributed by atoms with Gasteiger partial charge in [0.25, 0.3) is 0 Å². The minimum absolute atomic E-state index is 0.0422. The average Bonchev–Trinajstić information content (AvgIpc) is 2.62. The number of benzene rings is 2. The first-order chi connectivity index (χ1) is 12.3. The number of allylic oxidation sites excluding steroid dienone is 1. The molecule has 2 aromatic rings. The average molecular weight is 367 g/mol. The molecule has 2 aromatic carbocycles. The molecular formula is C18H13F4NO3. The van der Waals surface area contributed by atoms with Gasteiger partial charge in [-0.1, -0.05) is 36.4 Å². The molecule has 2 rings (SSSR count). The van der Waals surface area contributed by atoms with Crippen molar-refractivity contribution < 1.29 is 31.9 Å². The molecule has 4 nitrogen and oxygen atoms in total. The minimum atomic E-state index is -5.17. The number of rotatable bonds is 4. The number of carbonyl (C=O) groups excluding carboxylic acids is 2. The maximum Gasteiger partial charge on any atom is 0.442 e. The van der Waals surface area contributed by atoms with Gasteiger partial charge in [0.15, 0.2) is 0 Å². The maximum atomic E-state index is 12.7. The molecule has 0 aliphatic heterocycles. The molecule has 8 heteroatoms. The highest BCUT2D eigenvalue weighted by Crippen LogP contribution is 2.27. The fraction of sp³-hybridized carbons (Fsp3) is 0.111. The molecule has 26 heavy (non-hydrogen) atoms. The van der Waals surface area contributed by atoms with Crippen LogP contribution in [0.1, 0.15) is 0 Å². The number of ether oxygens (including phenoxy) is 1. The lowest BCUT2D eigenvalue weighted by atomic mass is 10.2. The smallest absolute Gasteiger partial charge is 0.442 e. The van der Waals surface area contributed by atoms with Crippen LogP contribution in [0.3, 0.4) is 0 Å². The van der Waals surface area contributed by atoms with E-state index in [1.54, 1.807) is 60.7 Å². The summed E-state index contributed by atoms with van der Waals surface area (Å²) in [5.41, 5.74) is 0.718. The van der Waals surface area contributed by atoms with Crippen LogP contribution in [0.15, 0.2) is 72.6 Å². The van der Waals surface area contributed by atoms with Gasteiger partial charge in [-0.3, -0.25) is 9.69 Å². The molecule has 0 aromatic heterocycles. The Hall–Kier alpha value is -3.16. The molecule has 0 radical (unpaired) electrons. The van der Waals surface area contributed by atoms with E-state index in [4.69, 9.17) is 0 Å². The van der Waals surface area contributed by atoms with Gasteiger partial charge in [0.1, 0.15) is 6.61 Å². The minimum Gasteiger partial charge on any atom is -0.454 e. The summed E-state index contributed by atoms with van der Waals surface area (Å²) in [4.78, 5) is 25.4. The first kappa shape index (κ1) is 19.2. The van der Waals surface area contributed by atoms with Crippen LogP contribution < -0.4 is 4.90 Å². The van der Waals surface area contributed by atoms with Crippen LogP contribution >= 0.6 is 0 Å². The molecule has 0 spiro atoms. The molecule has 0 N–H and O–H groups in total. The SMILES string of the molecule is O=C(OC/C=C(\F)C(F)(F)F)C(=O)N(c1ccccc1)c1ccccc1. The molecule has 0 saturated carbocycles. The van der Waals surface area contributed by atoms with Crippen LogP contribution in [-0.4, -0.2) is 24.7 Å². The van der Waals surface area contributed by atoms with E-state index in [1.165, 1.54) is 0 Å². The molecular weight excluding hydrogens is 354 g/mol. The summed E-state index contributed by atoms with van der Waals surface area (Å²) in [5, 5.41) is 0. The third-order valence-electron chi connectivity index (χ3n) is 3.15. The Bertz CT molecular complexity index is 750. The van der Waals surface area contributed by atoms with E-state index in [0.29, 0.717) is 11.4 Å². The Balaban J connectivity index is 2.18. The lowest BCUT2D eigenvalue weighted by molar-refractivity contribution is -0.152. The molecule has 136 valence electrons. The van der Waals surface area contributed by atoms with Gasteiger partial charge in [-0.2, -0.15) is 13.2 Å². The van der Waals surface area contributed by atoms with E-state index < -0.39 is 30.5 Å². The zero-order chi connectivity index (χ0) is 19.2. The summed E-state index contributed by atoms with van der Waals surface area (Å²) in [5.74, 6) is -4.94. The molecule has 1 amide bonds. The third-order valence-corrected chi connectivity index (χ3v) is 3.15. The van der Waals surface area contributed by atoms with E-state index >= 15 is 0 Å².